The summed E-state index contributed by atoms with van der Waals surface area (Å²) in [4.78, 5) is 21.1. The van der Waals surface area contributed by atoms with Crippen molar-refractivity contribution in [2.75, 3.05) is 0 Å². The number of carbonyl (C=O) groups is 1. The van der Waals surface area contributed by atoms with Gasteiger partial charge in [0.15, 0.2) is 0 Å². The normalized spacial score (nSPS) is 12.9. The Kier molecular flexibility index (Phi) is 5.61. The van der Waals surface area contributed by atoms with Gasteiger partial charge in [-0.3, -0.25) is 14.9 Å². The van der Waals surface area contributed by atoms with Crippen molar-refractivity contribution in [1.82, 2.24) is 4.72 Å². The Labute approximate surface area is 128 Å². The molecule has 0 saturated carbocycles. The minimum atomic E-state index is -4.17. The van der Waals surface area contributed by atoms with Crippen LogP contribution in [0.15, 0.2) is 17.0 Å². The zero-order chi connectivity index (χ0) is 17.1. The molecule has 0 radical (unpaired) electrons. The summed E-state index contributed by atoms with van der Waals surface area (Å²) in [5.74, 6) is -1.29. The summed E-state index contributed by atoms with van der Waals surface area (Å²) in [6.07, 6.45) is 0.605. The molecule has 1 aromatic rings. The van der Waals surface area contributed by atoms with Crippen molar-refractivity contribution in [2.45, 2.75) is 44.6 Å². The molecule has 0 amide bonds. The molecule has 0 aliphatic heterocycles. The first-order valence-electron chi connectivity index (χ1n) is 6.61. The first kappa shape index (κ1) is 18.1. The van der Waals surface area contributed by atoms with Gasteiger partial charge >= 0.3 is 5.97 Å². The minimum Gasteiger partial charge on any atom is -0.480 e. The van der Waals surface area contributed by atoms with Crippen molar-refractivity contribution < 1.29 is 23.2 Å². The quantitative estimate of drug-likeness (QED) is 0.579. The Hall–Kier alpha value is -2.00. The minimum absolute atomic E-state index is 0.0243. The van der Waals surface area contributed by atoms with Gasteiger partial charge in [0, 0.05) is 11.6 Å². The highest BCUT2D eigenvalue weighted by molar-refractivity contribution is 7.89. The van der Waals surface area contributed by atoms with Crippen LogP contribution in [-0.4, -0.2) is 30.5 Å². The van der Waals surface area contributed by atoms with Crippen LogP contribution in [0.4, 0.5) is 5.69 Å². The van der Waals surface area contributed by atoms with E-state index in [4.69, 9.17) is 5.11 Å². The number of nitrogens with zero attached hydrogens (tertiary/aromatic N) is 1. The first-order valence-corrected chi connectivity index (χ1v) is 8.09. The van der Waals surface area contributed by atoms with Crippen LogP contribution in [0.2, 0.25) is 0 Å². The predicted molar refractivity (Wildman–Crippen MR) is 79.2 cm³/mol. The second-order valence-corrected chi connectivity index (χ2v) is 6.65. The average molecular weight is 330 g/mol. The molecular formula is C13H18N2O6S. The number of nitrogens with one attached hydrogen (secondary N) is 1. The third-order valence-corrected chi connectivity index (χ3v) is 4.73. The largest absolute Gasteiger partial charge is 0.480 e. The molecule has 9 heteroatoms. The smallest absolute Gasteiger partial charge is 0.321 e. The number of carboxylic acids is 1. The van der Waals surface area contributed by atoms with Crippen LogP contribution < -0.4 is 4.72 Å². The molecule has 0 fully saturated rings. The number of nitro groups is 1. The van der Waals surface area contributed by atoms with Gasteiger partial charge < -0.3 is 5.11 Å². The SMILES string of the molecule is CCCC(NS(=O)(=O)c1cc(C)cc([N+](=O)[O-])c1C)C(=O)O. The number of rotatable bonds is 7. The summed E-state index contributed by atoms with van der Waals surface area (Å²) < 4.78 is 26.8. The Bertz CT molecular complexity index is 699. The van der Waals surface area contributed by atoms with E-state index in [9.17, 15) is 23.3 Å². The van der Waals surface area contributed by atoms with Gasteiger partial charge in [0.2, 0.25) is 10.0 Å². The Morgan fingerprint density at radius 3 is 2.45 bits per heavy atom. The summed E-state index contributed by atoms with van der Waals surface area (Å²) in [5.41, 5.74) is 0.0616. The van der Waals surface area contributed by atoms with Gasteiger partial charge in [-0.1, -0.05) is 13.3 Å². The lowest BCUT2D eigenvalue weighted by molar-refractivity contribution is -0.385. The molecule has 22 heavy (non-hydrogen) atoms. The van der Waals surface area contributed by atoms with Gasteiger partial charge in [-0.2, -0.15) is 4.72 Å². The monoisotopic (exact) mass is 330 g/mol. The van der Waals surface area contributed by atoms with E-state index in [0.29, 0.717) is 12.0 Å². The van der Waals surface area contributed by atoms with Crippen molar-refractivity contribution in [3.05, 3.63) is 33.4 Å². The fraction of sp³-hybridized carbons (Fsp3) is 0.462. The molecular weight excluding hydrogens is 312 g/mol. The van der Waals surface area contributed by atoms with E-state index >= 15 is 0 Å². The number of hydrogen-bond donors (Lipinski definition) is 2. The Morgan fingerprint density at radius 1 is 1.41 bits per heavy atom. The van der Waals surface area contributed by atoms with Gasteiger partial charge in [0.25, 0.3) is 5.69 Å². The fourth-order valence-corrected chi connectivity index (χ4v) is 3.62. The molecule has 0 saturated heterocycles. The van der Waals surface area contributed by atoms with Crippen molar-refractivity contribution in [2.24, 2.45) is 0 Å². The second kappa shape index (κ2) is 6.84. The van der Waals surface area contributed by atoms with E-state index in [1.165, 1.54) is 26.0 Å². The van der Waals surface area contributed by atoms with Gasteiger partial charge in [0.05, 0.1) is 9.82 Å². The van der Waals surface area contributed by atoms with Crippen LogP contribution in [0.3, 0.4) is 0 Å². The zero-order valence-electron chi connectivity index (χ0n) is 12.5. The van der Waals surface area contributed by atoms with E-state index in [1.54, 1.807) is 6.92 Å². The third-order valence-electron chi connectivity index (χ3n) is 3.14. The third kappa shape index (κ3) is 4.01. The number of sulfonamides is 1. The summed E-state index contributed by atoms with van der Waals surface area (Å²) in [5, 5.41) is 20.0. The van der Waals surface area contributed by atoms with Gasteiger partial charge in [-0.15, -0.1) is 0 Å². The highest BCUT2D eigenvalue weighted by atomic mass is 32.2. The maximum absolute atomic E-state index is 12.4. The fourth-order valence-electron chi connectivity index (χ4n) is 2.05. The summed E-state index contributed by atoms with van der Waals surface area (Å²) in [6.45, 7) is 4.58. The van der Waals surface area contributed by atoms with Crippen molar-refractivity contribution in [1.29, 1.82) is 0 Å². The lowest BCUT2D eigenvalue weighted by Crippen LogP contribution is -2.40. The van der Waals surface area contributed by atoms with Crippen LogP contribution in [0.5, 0.6) is 0 Å². The molecule has 0 aromatic heterocycles. The molecule has 0 spiro atoms. The molecule has 1 unspecified atom stereocenters. The van der Waals surface area contributed by atoms with Crippen molar-refractivity contribution >= 4 is 21.7 Å². The molecule has 8 nitrogen and oxygen atoms in total. The first-order chi connectivity index (χ1) is 10.1. The lowest BCUT2D eigenvalue weighted by Gasteiger charge is -2.15. The van der Waals surface area contributed by atoms with Crippen LogP contribution in [0.1, 0.15) is 30.9 Å². The molecule has 0 bridgehead atoms. The summed E-state index contributed by atoms with van der Waals surface area (Å²) in [6, 6.07) is 1.29. The Morgan fingerprint density at radius 2 is 2.00 bits per heavy atom. The van der Waals surface area contributed by atoms with Gasteiger partial charge in [-0.25, -0.2) is 8.42 Å². The number of nitro benzene ring substituents is 1. The van der Waals surface area contributed by atoms with Crippen LogP contribution in [0.25, 0.3) is 0 Å². The zero-order valence-corrected chi connectivity index (χ0v) is 13.3. The number of aryl methyl sites for hydroxylation is 1. The summed E-state index contributed by atoms with van der Waals surface area (Å²) in [7, 11) is -4.17. The standard InChI is InChI=1S/C13H18N2O6S/c1-4-5-10(13(16)17)14-22(20,21)12-7-8(2)6-11(9(12)3)15(18)19/h6-7,10,14H,4-5H2,1-3H3,(H,16,17). The average Bonchev–Trinajstić information content (AvgIpc) is 2.39. The summed E-state index contributed by atoms with van der Waals surface area (Å²) >= 11 is 0. The molecule has 0 heterocycles. The highest BCUT2D eigenvalue weighted by Gasteiger charge is 2.28. The van der Waals surface area contributed by atoms with Gasteiger partial charge in [-0.05, 0) is 31.9 Å². The Balaban J connectivity index is 3.34. The molecule has 2 N–H and O–H groups in total. The lowest BCUT2D eigenvalue weighted by atomic mass is 10.1. The van der Waals surface area contributed by atoms with Crippen LogP contribution >= 0.6 is 0 Å². The molecule has 1 aromatic carbocycles. The van der Waals surface area contributed by atoms with E-state index < -0.39 is 27.0 Å². The van der Waals surface area contributed by atoms with Crippen molar-refractivity contribution in [3.63, 3.8) is 0 Å². The number of carboxylic acid groups (broad SMARTS) is 1. The van der Waals surface area contributed by atoms with E-state index in [1.807, 2.05) is 0 Å². The molecule has 1 atom stereocenters. The van der Waals surface area contributed by atoms with Crippen LogP contribution in [-0.2, 0) is 14.8 Å². The van der Waals surface area contributed by atoms with Gasteiger partial charge in [0.1, 0.15) is 6.04 Å². The second-order valence-electron chi connectivity index (χ2n) is 4.97. The van der Waals surface area contributed by atoms with E-state index in [0.717, 1.165) is 0 Å². The van der Waals surface area contributed by atoms with E-state index in [2.05, 4.69) is 4.72 Å². The number of hydrogen-bond acceptors (Lipinski definition) is 5. The highest BCUT2D eigenvalue weighted by Crippen LogP contribution is 2.27. The topological polar surface area (TPSA) is 127 Å². The maximum Gasteiger partial charge on any atom is 0.321 e. The molecule has 1 rings (SSSR count). The predicted octanol–water partition coefficient (Wildman–Crippen LogP) is 1.74. The maximum atomic E-state index is 12.4. The van der Waals surface area contributed by atoms with Crippen LogP contribution in [0, 0.1) is 24.0 Å². The molecule has 122 valence electrons. The number of aliphatic carboxylic acids is 1. The van der Waals surface area contributed by atoms with E-state index in [-0.39, 0.29) is 22.6 Å². The number of benzene rings is 1. The van der Waals surface area contributed by atoms with Crippen molar-refractivity contribution in [3.8, 4) is 0 Å². The molecule has 0 aliphatic rings. The molecule has 0 aliphatic carbocycles.